The van der Waals surface area contributed by atoms with Gasteiger partial charge >= 0.3 is 0 Å². The number of fused-ring (bicyclic) bond motifs is 1. The highest BCUT2D eigenvalue weighted by Crippen LogP contribution is 2.23. The second kappa shape index (κ2) is 7.42. The Morgan fingerprint density at radius 3 is 2.88 bits per heavy atom. The lowest BCUT2D eigenvalue weighted by Crippen LogP contribution is -2.36. The van der Waals surface area contributed by atoms with Gasteiger partial charge < -0.3 is 9.32 Å². The van der Waals surface area contributed by atoms with Crippen LogP contribution in [0.3, 0.4) is 0 Å². The minimum Gasteiger partial charge on any atom is -0.445 e. The average molecular weight is 344 g/mol. The van der Waals surface area contributed by atoms with Crippen LogP contribution in [0.25, 0.3) is 0 Å². The van der Waals surface area contributed by atoms with Crippen molar-refractivity contribution < 1.29 is 9.21 Å². The molecule has 0 fully saturated rings. The van der Waals surface area contributed by atoms with Gasteiger partial charge in [0.1, 0.15) is 17.1 Å². The van der Waals surface area contributed by atoms with Crippen LogP contribution in [0.5, 0.6) is 0 Å². The third-order valence-corrected chi connectivity index (χ3v) is 4.65. The van der Waals surface area contributed by atoms with Crippen LogP contribution < -0.4 is 0 Å². The fraction of sp³-hybridized carbons (Fsp3) is 0.632. The summed E-state index contributed by atoms with van der Waals surface area (Å²) in [6, 6.07) is 1.91. The van der Waals surface area contributed by atoms with E-state index in [1.807, 2.05) is 18.0 Å². The highest BCUT2D eigenvalue weighted by atomic mass is 16.4. The number of nitrogens with zero attached hydrogens (tertiary/aromatic N) is 4. The normalized spacial score (nSPS) is 14.2. The molecule has 1 aliphatic rings. The third kappa shape index (κ3) is 3.94. The Morgan fingerprint density at radius 1 is 1.36 bits per heavy atom. The molecule has 2 aromatic rings. The molecule has 25 heavy (non-hydrogen) atoms. The van der Waals surface area contributed by atoms with Crippen molar-refractivity contribution in [2.75, 3.05) is 6.54 Å². The predicted octanol–water partition coefficient (Wildman–Crippen LogP) is 3.15. The monoisotopic (exact) mass is 344 g/mol. The van der Waals surface area contributed by atoms with Crippen LogP contribution >= 0.6 is 0 Å². The number of aryl methyl sites for hydroxylation is 3. The summed E-state index contributed by atoms with van der Waals surface area (Å²) in [6.45, 7) is 7.70. The molecule has 0 N–H and O–H groups in total. The Bertz CT molecular complexity index is 745. The fourth-order valence-corrected chi connectivity index (χ4v) is 3.21. The molecule has 0 saturated carbocycles. The van der Waals surface area contributed by atoms with Crippen molar-refractivity contribution >= 4 is 5.91 Å². The quantitative estimate of drug-likeness (QED) is 0.807. The first kappa shape index (κ1) is 17.7. The van der Waals surface area contributed by atoms with Gasteiger partial charge in [-0.1, -0.05) is 27.2 Å². The van der Waals surface area contributed by atoms with E-state index in [1.165, 1.54) is 0 Å². The lowest BCUT2D eigenvalue weighted by molar-refractivity contribution is 0.0716. The molecule has 0 aromatic carbocycles. The van der Waals surface area contributed by atoms with Gasteiger partial charge in [0.05, 0.1) is 12.2 Å². The molecule has 3 heterocycles. The van der Waals surface area contributed by atoms with E-state index in [4.69, 9.17) is 4.42 Å². The van der Waals surface area contributed by atoms with Gasteiger partial charge in [-0.15, -0.1) is 0 Å². The van der Waals surface area contributed by atoms with E-state index in [0.29, 0.717) is 24.7 Å². The number of hydrogen-bond donors (Lipinski definition) is 0. The standard InChI is InChI=1S/C19H28N4O2/c1-5-6-14-11-16(22(4)21-14)19(24)23-10-9-17-15(12-23)20-18(25-17)8-7-13(2)3/h11,13H,5-10,12H2,1-4H3. The van der Waals surface area contributed by atoms with E-state index >= 15 is 0 Å². The molecule has 1 amide bonds. The first-order chi connectivity index (χ1) is 12.0. The zero-order chi connectivity index (χ0) is 18.0. The molecule has 0 atom stereocenters. The van der Waals surface area contributed by atoms with Gasteiger partial charge in [0.25, 0.3) is 5.91 Å². The van der Waals surface area contributed by atoms with Gasteiger partial charge in [-0.05, 0) is 24.8 Å². The first-order valence-corrected chi connectivity index (χ1v) is 9.27. The lowest BCUT2D eigenvalue weighted by Gasteiger charge is -2.25. The molecule has 0 spiro atoms. The second-order valence-electron chi connectivity index (χ2n) is 7.28. The van der Waals surface area contributed by atoms with Crippen LogP contribution in [0, 0.1) is 5.92 Å². The summed E-state index contributed by atoms with van der Waals surface area (Å²) in [7, 11) is 1.84. The molecule has 6 heteroatoms. The molecule has 136 valence electrons. The number of hydrogen-bond acceptors (Lipinski definition) is 4. The van der Waals surface area contributed by atoms with E-state index in [-0.39, 0.29) is 5.91 Å². The minimum absolute atomic E-state index is 0.0229. The van der Waals surface area contributed by atoms with Crippen molar-refractivity contribution in [2.24, 2.45) is 13.0 Å². The smallest absolute Gasteiger partial charge is 0.272 e. The van der Waals surface area contributed by atoms with Crippen LogP contribution in [0.2, 0.25) is 0 Å². The fourth-order valence-electron chi connectivity index (χ4n) is 3.21. The molecule has 0 unspecified atom stereocenters. The molecule has 2 aromatic heterocycles. The van der Waals surface area contributed by atoms with Gasteiger partial charge in [-0.3, -0.25) is 9.48 Å². The van der Waals surface area contributed by atoms with Crippen molar-refractivity contribution in [3.63, 3.8) is 0 Å². The second-order valence-corrected chi connectivity index (χ2v) is 7.28. The molecule has 3 rings (SSSR count). The van der Waals surface area contributed by atoms with Crippen molar-refractivity contribution in [3.8, 4) is 0 Å². The number of carbonyl (C=O) groups excluding carboxylic acids is 1. The summed E-state index contributed by atoms with van der Waals surface area (Å²) in [4.78, 5) is 19.4. The molecule has 1 aliphatic heterocycles. The lowest BCUT2D eigenvalue weighted by atomic mass is 10.1. The van der Waals surface area contributed by atoms with Crippen LogP contribution in [-0.2, 0) is 32.9 Å². The first-order valence-electron chi connectivity index (χ1n) is 9.27. The highest BCUT2D eigenvalue weighted by Gasteiger charge is 2.27. The number of oxazole rings is 1. The van der Waals surface area contributed by atoms with Crippen molar-refractivity contribution in [2.45, 2.75) is 59.4 Å². The van der Waals surface area contributed by atoms with E-state index in [1.54, 1.807) is 4.68 Å². The van der Waals surface area contributed by atoms with Crippen LogP contribution in [-0.4, -0.2) is 32.1 Å². The van der Waals surface area contributed by atoms with Crippen molar-refractivity contribution in [1.29, 1.82) is 0 Å². The average Bonchev–Trinajstić information content (AvgIpc) is 3.14. The summed E-state index contributed by atoms with van der Waals surface area (Å²) >= 11 is 0. The van der Waals surface area contributed by atoms with Gasteiger partial charge in [0.2, 0.25) is 0 Å². The third-order valence-electron chi connectivity index (χ3n) is 4.65. The van der Waals surface area contributed by atoms with Crippen LogP contribution in [0.15, 0.2) is 10.5 Å². The topological polar surface area (TPSA) is 64.2 Å². The van der Waals surface area contributed by atoms with Gasteiger partial charge in [0.15, 0.2) is 5.89 Å². The molecular weight excluding hydrogens is 316 g/mol. The molecule has 0 radical (unpaired) electrons. The maximum Gasteiger partial charge on any atom is 0.272 e. The van der Waals surface area contributed by atoms with Crippen molar-refractivity contribution in [3.05, 3.63) is 34.8 Å². The highest BCUT2D eigenvalue weighted by molar-refractivity contribution is 5.92. The van der Waals surface area contributed by atoms with Gasteiger partial charge in [0, 0.05) is 26.4 Å². The SMILES string of the molecule is CCCc1cc(C(=O)N2CCc3oc(CCC(C)C)nc3C2)n(C)n1. The number of amides is 1. The van der Waals surface area contributed by atoms with Crippen molar-refractivity contribution in [1.82, 2.24) is 19.7 Å². The van der Waals surface area contributed by atoms with Crippen LogP contribution in [0.4, 0.5) is 0 Å². The minimum atomic E-state index is 0.0229. The summed E-state index contributed by atoms with van der Waals surface area (Å²) < 4.78 is 7.58. The zero-order valence-electron chi connectivity index (χ0n) is 15.7. The Kier molecular flexibility index (Phi) is 5.25. The number of carbonyl (C=O) groups is 1. The summed E-state index contributed by atoms with van der Waals surface area (Å²) in [5.41, 5.74) is 2.54. The van der Waals surface area contributed by atoms with Gasteiger partial charge in [-0.25, -0.2) is 4.98 Å². The number of rotatable bonds is 6. The Morgan fingerprint density at radius 2 is 2.16 bits per heavy atom. The predicted molar refractivity (Wildman–Crippen MR) is 95.3 cm³/mol. The largest absolute Gasteiger partial charge is 0.445 e. The number of aromatic nitrogens is 3. The molecule has 0 saturated heterocycles. The molecular formula is C19H28N4O2. The molecule has 0 aliphatic carbocycles. The molecule has 6 nitrogen and oxygen atoms in total. The molecule has 0 bridgehead atoms. The zero-order valence-corrected chi connectivity index (χ0v) is 15.7. The van der Waals surface area contributed by atoms with E-state index in [0.717, 1.165) is 55.1 Å². The summed E-state index contributed by atoms with van der Waals surface area (Å²) in [6.07, 6.45) is 4.58. The van der Waals surface area contributed by atoms with E-state index in [2.05, 4.69) is 30.9 Å². The Hall–Kier alpha value is -2.11. The maximum atomic E-state index is 12.9. The Labute approximate surface area is 149 Å². The maximum absolute atomic E-state index is 12.9. The van der Waals surface area contributed by atoms with Gasteiger partial charge in [-0.2, -0.15) is 5.10 Å². The summed E-state index contributed by atoms with van der Waals surface area (Å²) in [5.74, 6) is 2.40. The van der Waals surface area contributed by atoms with E-state index in [9.17, 15) is 4.79 Å². The van der Waals surface area contributed by atoms with E-state index < -0.39 is 0 Å². The summed E-state index contributed by atoms with van der Waals surface area (Å²) in [5, 5.41) is 4.44. The van der Waals surface area contributed by atoms with Crippen LogP contribution in [0.1, 0.15) is 67.1 Å². The Balaban J connectivity index is 1.70.